The number of thiocarbonyl (C=S) groups is 1. The third-order valence-electron chi connectivity index (χ3n) is 6.01. The van der Waals surface area contributed by atoms with E-state index in [1.54, 1.807) is 35.0 Å². The number of hydrogen-bond acceptors (Lipinski definition) is 7. The maximum atomic E-state index is 13.6. The maximum Gasteiger partial charge on any atom is 0.270 e. The topological polar surface area (TPSA) is 88.9 Å². The average molecular weight is 504 g/mol. The molecule has 184 valence electrons. The number of morpholine rings is 1. The maximum absolute atomic E-state index is 13.6. The smallest absolute Gasteiger partial charge is 0.270 e. The van der Waals surface area contributed by atoms with E-state index in [1.807, 2.05) is 44.3 Å². The molecule has 2 aliphatic rings. The monoisotopic (exact) mass is 503 g/mol. The van der Waals surface area contributed by atoms with Gasteiger partial charge in [0, 0.05) is 25.7 Å². The first kappa shape index (κ1) is 23.7. The van der Waals surface area contributed by atoms with Gasteiger partial charge in [-0.3, -0.25) is 24.5 Å². The molecule has 0 unspecified atom stereocenters. The second-order valence-electron chi connectivity index (χ2n) is 8.41. The SMILES string of the molecule is Cc1nn(C)c(N2CCOCC2)c1C=C1C(=O)NC(=S)N(c2ccc(Oc3ccccc3)cc2)C1=O. The Bertz CT molecular complexity index is 1340. The van der Waals surface area contributed by atoms with Crippen molar-refractivity contribution in [2.75, 3.05) is 36.1 Å². The Balaban J connectivity index is 1.45. The lowest BCUT2D eigenvalue weighted by Gasteiger charge is -2.30. The molecule has 0 radical (unpaired) electrons. The fourth-order valence-electron chi connectivity index (χ4n) is 4.31. The zero-order valence-corrected chi connectivity index (χ0v) is 20.7. The number of aromatic nitrogens is 2. The summed E-state index contributed by atoms with van der Waals surface area (Å²) >= 11 is 5.35. The van der Waals surface area contributed by atoms with Gasteiger partial charge in [-0.25, -0.2) is 0 Å². The van der Waals surface area contributed by atoms with Gasteiger partial charge in [-0.15, -0.1) is 0 Å². The molecule has 36 heavy (non-hydrogen) atoms. The largest absolute Gasteiger partial charge is 0.457 e. The summed E-state index contributed by atoms with van der Waals surface area (Å²) in [5.41, 5.74) is 1.94. The molecule has 10 heteroatoms. The zero-order chi connectivity index (χ0) is 25.2. The molecule has 3 aromatic rings. The lowest BCUT2D eigenvalue weighted by molar-refractivity contribution is -0.122. The predicted molar refractivity (Wildman–Crippen MR) is 140 cm³/mol. The van der Waals surface area contributed by atoms with Crippen LogP contribution in [0, 0.1) is 6.92 Å². The molecule has 0 atom stereocenters. The van der Waals surface area contributed by atoms with E-state index < -0.39 is 11.8 Å². The van der Waals surface area contributed by atoms with Crippen molar-refractivity contribution in [3.05, 3.63) is 71.4 Å². The number of carbonyl (C=O) groups is 2. The number of rotatable bonds is 5. The van der Waals surface area contributed by atoms with Crippen molar-refractivity contribution in [1.29, 1.82) is 0 Å². The summed E-state index contributed by atoms with van der Waals surface area (Å²) in [6.45, 7) is 4.46. The summed E-state index contributed by atoms with van der Waals surface area (Å²) in [5, 5.41) is 7.20. The molecule has 9 nitrogen and oxygen atoms in total. The fourth-order valence-corrected chi connectivity index (χ4v) is 4.59. The molecular formula is C26H25N5O4S. The molecule has 2 amide bonds. The van der Waals surface area contributed by atoms with E-state index in [-0.39, 0.29) is 10.7 Å². The van der Waals surface area contributed by atoms with Crippen molar-refractivity contribution in [3.63, 3.8) is 0 Å². The van der Waals surface area contributed by atoms with Gasteiger partial charge in [0.15, 0.2) is 5.11 Å². The first-order valence-corrected chi connectivity index (χ1v) is 11.9. The third kappa shape index (κ3) is 4.60. The van der Waals surface area contributed by atoms with Gasteiger partial charge in [0.05, 0.1) is 24.6 Å². The van der Waals surface area contributed by atoms with Gasteiger partial charge in [-0.1, -0.05) is 18.2 Å². The fraction of sp³-hybridized carbons (Fsp3) is 0.231. The highest BCUT2D eigenvalue weighted by Crippen LogP contribution is 2.30. The lowest BCUT2D eigenvalue weighted by Crippen LogP contribution is -2.54. The molecule has 1 aromatic heterocycles. The van der Waals surface area contributed by atoms with Crippen LogP contribution in [0.4, 0.5) is 11.5 Å². The molecule has 2 fully saturated rings. The van der Waals surface area contributed by atoms with E-state index in [1.165, 1.54) is 4.90 Å². The van der Waals surface area contributed by atoms with E-state index >= 15 is 0 Å². The molecule has 2 aliphatic heterocycles. The highest BCUT2D eigenvalue weighted by Gasteiger charge is 2.35. The van der Waals surface area contributed by atoms with E-state index in [9.17, 15) is 9.59 Å². The number of anilines is 2. The van der Waals surface area contributed by atoms with Crippen molar-refractivity contribution in [2.24, 2.45) is 7.05 Å². The van der Waals surface area contributed by atoms with E-state index in [2.05, 4.69) is 15.3 Å². The average Bonchev–Trinajstić information content (AvgIpc) is 3.16. The van der Waals surface area contributed by atoms with Crippen LogP contribution in [0.2, 0.25) is 0 Å². The first-order chi connectivity index (χ1) is 17.4. The number of amides is 2. The highest BCUT2D eigenvalue weighted by molar-refractivity contribution is 7.80. The molecule has 2 saturated heterocycles. The molecule has 3 heterocycles. The molecule has 1 N–H and O–H groups in total. The third-order valence-corrected chi connectivity index (χ3v) is 6.30. The van der Waals surface area contributed by atoms with Crippen molar-refractivity contribution >= 4 is 46.7 Å². The van der Waals surface area contributed by atoms with E-state index in [0.717, 1.165) is 11.4 Å². The highest BCUT2D eigenvalue weighted by atomic mass is 32.1. The molecule has 0 saturated carbocycles. The van der Waals surface area contributed by atoms with Crippen LogP contribution < -0.4 is 19.9 Å². The van der Waals surface area contributed by atoms with Crippen LogP contribution in [0.5, 0.6) is 11.5 Å². The zero-order valence-electron chi connectivity index (χ0n) is 19.9. The number of nitrogens with one attached hydrogen (secondary N) is 1. The first-order valence-electron chi connectivity index (χ1n) is 11.5. The number of hydrogen-bond donors (Lipinski definition) is 1. The molecule has 0 spiro atoms. The van der Waals surface area contributed by atoms with Crippen LogP contribution in [0.25, 0.3) is 6.08 Å². The van der Waals surface area contributed by atoms with Gasteiger partial charge in [0.1, 0.15) is 22.9 Å². The Labute approximate surface area is 213 Å². The summed E-state index contributed by atoms with van der Waals surface area (Å²) < 4.78 is 13.1. The van der Waals surface area contributed by atoms with Gasteiger partial charge >= 0.3 is 0 Å². The number of para-hydroxylation sites is 1. The molecular weight excluding hydrogens is 478 g/mol. The van der Waals surface area contributed by atoms with Crippen LogP contribution >= 0.6 is 12.2 Å². The van der Waals surface area contributed by atoms with Gasteiger partial charge in [-0.2, -0.15) is 5.10 Å². The summed E-state index contributed by atoms with van der Waals surface area (Å²) in [6.07, 6.45) is 1.60. The van der Waals surface area contributed by atoms with Crippen LogP contribution in [-0.2, 0) is 21.4 Å². The Kier molecular flexibility index (Phi) is 6.53. The van der Waals surface area contributed by atoms with Gasteiger partial charge in [-0.05, 0) is 61.6 Å². The second kappa shape index (κ2) is 9.92. The predicted octanol–water partition coefficient (Wildman–Crippen LogP) is 3.19. The van der Waals surface area contributed by atoms with Crippen molar-refractivity contribution in [3.8, 4) is 11.5 Å². The molecule has 0 bridgehead atoms. The summed E-state index contributed by atoms with van der Waals surface area (Å²) in [4.78, 5) is 29.9. The van der Waals surface area contributed by atoms with Crippen molar-refractivity contribution in [1.82, 2.24) is 15.1 Å². The Morgan fingerprint density at radius 2 is 1.69 bits per heavy atom. The second-order valence-corrected chi connectivity index (χ2v) is 8.80. The van der Waals surface area contributed by atoms with Gasteiger partial charge in [0.2, 0.25) is 0 Å². The molecule has 5 rings (SSSR count). The van der Waals surface area contributed by atoms with Gasteiger partial charge in [0.25, 0.3) is 11.8 Å². The van der Waals surface area contributed by atoms with Crippen LogP contribution in [-0.4, -0.2) is 53.0 Å². The number of aryl methyl sites for hydroxylation is 2. The van der Waals surface area contributed by atoms with Crippen molar-refractivity contribution < 1.29 is 19.1 Å². The Morgan fingerprint density at radius 1 is 1.03 bits per heavy atom. The number of ether oxygens (including phenoxy) is 2. The van der Waals surface area contributed by atoms with Crippen LogP contribution in [0.1, 0.15) is 11.3 Å². The number of nitrogens with zero attached hydrogens (tertiary/aromatic N) is 4. The van der Waals surface area contributed by atoms with Gasteiger partial charge < -0.3 is 14.4 Å². The minimum absolute atomic E-state index is 0.0150. The Hall–Kier alpha value is -4.02. The van der Waals surface area contributed by atoms with Crippen molar-refractivity contribution in [2.45, 2.75) is 6.92 Å². The van der Waals surface area contributed by atoms with Crippen LogP contribution in [0.15, 0.2) is 60.2 Å². The standard InChI is InChI=1S/C26H25N5O4S/c1-17-21(24(29(2)28-17)30-12-14-34-15-13-30)16-22-23(32)27-26(36)31(25(22)33)18-8-10-20(11-9-18)35-19-6-4-3-5-7-19/h3-11,16H,12-15H2,1-2H3,(H,27,32,36). The van der Waals surface area contributed by atoms with Crippen LogP contribution in [0.3, 0.4) is 0 Å². The van der Waals surface area contributed by atoms with E-state index in [4.69, 9.17) is 21.7 Å². The molecule has 0 aliphatic carbocycles. The normalized spacial score (nSPS) is 17.5. The minimum Gasteiger partial charge on any atom is -0.457 e. The number of benzene rings is 2. The summed E-state index contributed by atoms with van der Waals surface area (Å²) in [7, 11) is 1.85. The quantitative estimate of drug-likeness (QED) is 0.325. The molecule has 2 aromatic carbocycles. The van der Waals surface area contributed by atoms with E-state index in [0.29, 0.717) is 49.2 Å². The summed E-state index contributed by atoms with van der Waals surface area (Å²) in [6, 6.07) is 16.4. The number of carbonyl (C=O) groups excluding carboxylic acids is 2. The Morgan fingerprint density at radius 3 is 2.39 bits per heavy atom. The minimum atomic E-state index is -0.540. The summed E-state index contributed by atoms with van der Waals surface area (Å²) in [5.74, 6) is 1.11. The lowest BCUT2D eigenvalue weighted by atomic mass is 10.1.